The van der Waals surface area contributed by atoms with Crippen LogP contribution in [0.25, 0.3) is 0 Å². The van der Waals surface area contributed by atoms with E-state index >= 15 is 0 Å². The molecule has 7 heteroatoms. The molecule has 0 bridgehead atoms. The Balaban J connectivity index is 2.04. The summed E-state index contributed by atoms with van der Waals surface area (Å²) in [5, 5.41) is 2.81. The van der Waals surface area contributed by atoms with Crippen molar-refractivity contribution in [1.82, 2.24) is 0 Å². The van der Waals surface area contributed by atoms with Crippen LogP contribution in [-0.2, 0) is 0 Å². The predicted molar refractivity (Wildman–Crippen MR) is 88.7 cm³/mol. The number of benzene rings is 1. The average molecular weight is 371 g/mol. The van der Waals surface area contributed by atoms with E-state index in [0.717, 1.165) is 3.79 Å². The van der Waals surface area contributed by atoms with Crippen molar-refractivity contribution < 1.29 is 9.53 Å². The molecule has 0 aliphatic rings. The first-order valence-corrected chi connectivity index (χ1v) is 7.64. The van der Waals surface area contributed by atoms with Gasteiger partial charge in [-0.2, -0.15) is 0 Å². The number of nitrogens with one attached hydrogen (secondary N) is 1. The number of hydrogen-bond acceptors (Lipinski definition) is 4. The molecule has 1 aromatic heterocycles. The lowest BCUT2D eigenvalue weighted by atomic mass is 10.3. The molecule has 0 atom stereocenters. The van der Waals surface area contributed by atoms with E-state index in [2.05, 4.69) is 21.2 Å². The molecule has 0 saturated carbocycles. The fourth-order valence-corrected chi connectivity index (χ4v) is 2.79. The van der Waals surface area contributed by atoms with E-state index in [-0.39, 0.29) is 17.5 Å². The number of thiophene rings is 1. The molecule has 0 spiro atoms. The van der Waals surface area contributed by atoms with Crippen LogP contribution in [0.2, 0.25) is 0 Å². The SMILES string of the molecule is NC(=S)COc1cccc(NC(=O)c2ccc(Br)s2)c1. The van der Waals surface area contributed by atoms with Crippen molar-refractivity contribution in [3.05, 3.63) is 45.1 Å². The van der Waals surface area contributed by atoms with Gasteiger partial charge in [0.15, 0.2) is 0 Å². The summed E-state index contributed by atoms with van der Waals surface area (Å²) in [5.74, 6) is 0.440. The average Bonchev–Trinajstić information content (AvgIpc) is 2.84. The largest absolute Gasteiger partial charge is 0.486 e. The molecular weight excluding hydrogens is 360 g/mol. The minimum atomic E-state index is -0.160. The zero-order valence-electron chi connectivity index (χ0n) is 10.3. The molecule has 0 fully saturated rings. The fourth-order valence-electron chi connectivity index (χ4n) is 1.45. The molecule has 0 saturated heterocycles. The lowest BCUT2D eigenvalue weighted by Gasteiger charge is -2.08. The highest BCUT2D eigenvalue weighted by Crippen LogP contribution is 2.24. The molecule has 20 heavy (non-hydrogen) atoms. The smallest absolute Gasteiger partial charge is 0.265 e. The Morgan fingerprint density at radius 1 is 1.40 bits per heavy atom. The predicted octanol–water partition coefficient (Wildman–Crippen LogP) is 3.43. The van der Waals surface area contributed by atoms with Crippen molar-refractivity contribution in [1.29, 1.82) is 0 Å². The standard InChI is InChI=1S/C13H11BrN2O2S2/c14-11-5-4-10(20-11)13(17)16-8-2-1-3-9(6-8)18-7-12(15)19/h1-6H,7H2,(H2,15,19)(H,16,17). The van der Waals surface area contributed by atoms with E-state index in [1.807, 2.05) is 6.07 Å². The van der Waals surface area contributed by atoms with E-state index in [1.165, 1.54) is 11.3 Å². The second-order valence-corrected chi connectivity index (χ2v) is 6.83. The second kappa shape index (κ2) is 6.83. The molecule has 1 aromatic carbocycles. The summed E-state index contributed by atoms with van der Waals surface area (Å²) in [5.41, 5.74) is 6.02. The number of carbonyl (C=O) groups excluding carboxylic acids is 1. The maximum absolute atomic E-state index is 12.0. The maximum Gasteiger partial charge on any atom is 0.265 e. The number of amides is 1. The van der Waals surface area contributed by atoms with E-state index < -0.39 is 0 Å². The number of ether oxygens (including phenoxy) is 1. The number of halogens is 1. The molecule has 3 N–H and O–H groups in total. The Morgan fingerprint density at radius 3 is 2.85 bits per heavy atom. The van der Waals surface area contributed by atoms with Crippen LogP contribution in [0, 0.1) is 0 Å². The third kappa shape index (κ3) is 4.29. The molecule has 0 aliphatic carbocycles. The molecule has 1 amide bonds. The summed E-state index contributed by atoms with van der Waals surface area (Å²) in [6, 6.07) is 10.7. The monoisotopic (exact) mass is 370 g/mol. The summed E-state index contributed by atoms with van der Waals surface area (Å²) >= 11 is 9.44. The fraction of sp³-hybridized carbons (Fsp3) is 0.0769. The van der Waals surface area contributed by atoms with Crippen molar-refractivity contribution in [3.63, 3.8) is 0 Å². The highest BCUT2D eigenvalue weighted by Gasteiger charge is 2.09. The van der Waals surface area contributed by atoms with Crippen LogP contribution in [0.5, 0.6) is 5.75 Å². The van der Waals surface area contributed by atoms with Crippen LogP contribution in [0.4, 0.5) is 5.69 Å². The van der Waals surface area contributed by atoms with Gasteiger partial charge in [0.25, 0.3) is 5.91 Å². The number of carbonyl (C=O) groups is 1. The van der Waals surface area contributed by atoms with E-state index in [4.69, 9.17) is 22.7 Å². The van der Waals surface area contributed by atoms with Gasteiger partial charge in [0.2, 0.25) is 0 Å². The molecule has 2 aromatic rings. The molecule has 0 radical (unpaired) electrons. The number of hydrogen-bond donors (Lipinski definition) is 2. The van der Waals surface area contributed by atoms with Gasteiger partial charge in [0.1, 0.15) is 17.3 Å². The van der Waals surface area contributed by atoms with Gasteiger partial charge in [-0.05, 0) is 40.2 Å². The Morgan fingerprint density at radius 2 is 2.20 bits per heavy atom. The van der Waals surface area contributed by atoms with Gasteiger partial charge >= 0.3 is 0 Å². The van der Waals surface area contributed by atoms with Crippen LogP contribution in [-0.4, -0.2) is 17.5 Å². The highest BCUT2D eigenvalue weighted by atomic mass is 79.9. The van der Waals surface area contributed by atoms with Crippen molar-refractivity contribution in [2.24, 2.45) is 5.73 Å². The lowest BCUT2D eigenvalue weighted by molar-refractivity contribution is 0.103. The highest BCUT2D eigenvalue weighted by molar-refractivity contribution is 9.11. The molecule has 0 aliphatic heterocycles. The van der Waals surface area contributed by atoms with Gasteiger partial charge in [-0.25, -0.2) is 0 Å². The Bertz CT molecular complexity index is 643. The normalized spacial score (nSPS) is 10.1. The summed E-state index contributed by atoms with van der Waals surface area (Å²) in [7, 11) is 0. The van der Waals surface area contributed by atoms with Gasteiger partial charge in [-0.15, -0.1) is 11.3 Å². The number of anilines is 1. The van der Waals surface area contributed by atoms with E-state index in [0.29, 0.717) is 16.3 Å². The Labute approximate surface area is 134 Å². The lowest BCUT2D eigenvalue weighted by Crippen LogP contribution is -2.18. The summed E-state index contributed by atoms with van der Waals surface area (Å²) in [6.45, 7) is 0.171. The van der Waals surface area contributed by atoms with Gasteiger partial charge in [0, 0.05) is 11.8 Å². The molecule has 1 heterocycles. The van der Waals surface area contributed by atoms with Gasteiger partial charge in [0.05, 0.1) is 8.66 Å². The third-order valence-electron chi connectivity index (χ3n) is 2.27. The van der Waals surface area contributed by atoms with Crippen LogP contribution >= 0.6 is 39.5 Å². The first kappa shape index (κ1) is 15.0. The van der Waals surface area contributed by atoms with Gasteiger partial charge in [-0.1, -0.05) is 18.3 Å². The first-order valence-electron chi connectivity index (χ1n) is 5.62. The quantitative estimate of drug-likeness (QED) is 0.791. The molecule has 104 valence electrons. The van der Waals surface area contributed by atoms with Gasteiger partial charge < -0.3 is 15.8 Å². The molecule has 0 unspecified atom stereocenters. The van der Waals surface area contributed by atoms with Crippen molar-refractivity contribution in [2.75, 3.05) is 11.9 Å². The van der Waals surface area contributed by atoms with Crippen molar-refractivity contribution in [3.8, 4) is 5.75 Å². The van der Waals surface area contributed by atoms with Crippen molar-refractivity contribution >= 4 is 56.1 Å². The first-order chi connectivity index (χ1) is 9.54. The number of thiocarbonyl (C=S) groups is 1. The topological polar surface area (TPSA) is 64.3 Å². The second-order valence-electron chi connectivity index (χ2n) is 3.84. The third-order valence-corrected chi connectivity index (χ3v) is 4.01. The van der Waals surface area contributed by atoms with E-state index in [1.54, 1.807) is 30.3 Å². The Kier molecular flexibility index (Phi) is 5.11. The summed E-state index contributed by atoms with van der Waals surface area (Å²) < 4.78 is 6.29. The maximum atomic E-state index is 12.0. The van der Waals surface area contributed by atoms with Crippen LogP contribution in [0.15, 0.2) is 40.2 Å². The molecular formula is C13H11BrN2O2S2. The minimum absolute atomic E-state index is 0.160. The zero-order valence-corrected chi connectivity index (χ0v) is 13.5. The summed E-state index contributed by atoms with van der Waals surface area (Å²) in [6.07, 6.45) is 0. The molecule has 2 rings (SSSR count). The minimum Gasteiger partial charge on any atom is -0.486 e. The van der Waals surface area contributed by atoms with E-state index in [9.17, 15) is 4.79 Å². The van der Waals surface area contributed by atoms with Crippen molar-refractivity contribution in [2.45, 2.75) is 0 Å². The number of rotatable bonds is 5. The van der Waals surface area contributed by atoms with Crippen LogP contribution in [0.3, 0.4) is 0 Å². The Hall–Kier alpha value is -1.44. The summed E-state index contributed by atoms with van der Waals surface area (Å²) in [4.78, 5) is 12.9. The number of nitrogens with two attached hydrogens (primary N) is 1. The zero-order chi connectivity index (χ0) is 14.5. The van der Waals surface area contributed by atoms with Crippen LogP contribution < -0.4 is 15.8 Å². The van der Waals surface area contributed by atoms with Crippen LogP contribution in [0.1, 0.15) is 9.67 Å². The molecule has 4 nitrogen and oxygen atoms in total. The van der Waals surface area contributed by atoms with Gasteiger partial charge in [-0.3, -0.25) is 4.79 Å².